The van der Waals surface area contributed by atoms with E-state index in [4.69, 9.17) is 0 Å². The second-order valence-corrected chi connectivity index (χ2v) is 5.68. The van der Waals surface area contributed by atoms with Crippen molar-refractivity contribution >= 4 is 11.8 Å². The average molecular weight is 273 g/mol. The summed E-state index contributed by atoms with van der Waals surface area (Å²) >= 11 is 0. The number of hydrogen-bond acceptors (Lipinski definition) is 3. The molecule has 2 fully saturated rings. The first-order chi connectivity index (χ1) is 9.72. The van der Waals surface area contributed by atoms with Gasteiger partial charge in [-0.2, -0.15) is 0 Å². The zero-order valence-electron chi connectivity index (χ0n) is 11.4. The van der Waals surface area contributed by atoms with E-state index in [2.05, 4.69) is 10.3 Å². The Bertz CT molecular complexity index is 499. The van der Waals surface area contributed by atoms with E-state index in [-0.39, 0.29) is 17.7 Å². The van der Waals surface area contributed by atoms with Crippen LogP contribution < -0.4 is 5.32 Å². The summed E-state index contributed by atoms with van der Waals surface area (Å²) in [5.41, 5.74) is 0.833. The lowest BCUT2D eigenvalue weighted by Crippen LogP contribution is -2.33. The molecule has 0 radical (unpaired) electrons. The van der Waals surface area contributed by atoms with Crippen molar-refractivity contribution in [2.24, 2.45) is 11.8 Å². The number of likely N-dealkylation sites (tertiary alicyclic amines) is 1. The maximum atomic E-state index is 12.1. The van der Waals surface area contributed by atoms with Crippen molar-refractivity contribution in [3.05, 3.63) is 30.1 Å². The molecule has 2 amide bonds. The molecule has 1 aromatic rings. The molecule has 3 rings (SSSR count). The van der Waals surface area contributed by atoms with Gasteiger partial charge in [0, 0.05) is 25.7 Å². The van der Waals surface area contributed by atoms with E-state index < -0.39 is 0 Å². The van der Waals surface area contributed by atoms with E-state index >= 15 is 0 Å². The summed E-state index contributed by atoms with van der Waals surface area (Å²) in [6.07, 6.45) is 4.50. The number of carbonyl (C=O) groups is 2. The number of rotatable bonds is 5. The van der Waals surface area contributed by atoms with Crippen molar-refractivity contribution in [1.82, 2.24) is 15.2 Å². The molecule has 1 saturated carbocycles. The van der Waals surface area contributed by atoms with Gasteiger partial charge in [-0.1, -0.05) is 6.07 Å². The number of pyridine rings is 1. The summed E-state index contributed by atoms with van der Waals surface area (Å²) in [5, 5.41) is 2.87. The molecule has 0 bridgehead atoms. The van der Waals surface area contributed by atoms with E-state index in [0.29, 0.717) is 25.4 Å². The van der Waals surface area contributed by atoms with E-state index in [1.807, 2.05) is 23.1 Å². The first kappa shape index (κ1) is 13.1. The Hall–Kier alpha value is -1.91. The van der Waals surface area contributed by atoms with Gasteiger partial charge in [0.2, 0.25) is 11.8 Å². The third-order valence-electron chi connectivity index (χ3n) is 3.93. The van der Waals surface area contributed by atoms with Gasteiger partial charge in [-0.3, -0.25) is 14.6 Å². The minimum Gasteiger partial charge on any atom is -0.350 e. The fourth-order valence-corrected chi connectivity index (χ4v) is 2.56. The monoisotopic (exact) mass is 273 g/mol. The van der Waals surface area contributed by atoms with E-state index in [1.54, 1.807) is 6.20 Å². The van der Waals surface area contributed by atoms with Gasteiger partial charge in [0.05, 0.1) is 18.2 Å². The highest BCUT2D eigenvalue weighted by Crippen LogP contribution is 2.31. The normalized spacial score (nSPS) is 22.1. The van der Waals surface area contributed by atoms with Crippen LogP contribution in [0.5, 0.6) is 0 Å². The van der Waals surface area contributed by atoms with Crippen LogP contribution in [0.3, 0.4) is 0 Å². The van der Waals surface area contributed by atoms with Gasteiger partial charge in [0.15, 0.2) is 0 Å². The van der Waals surface area contributed by atoms with Crippen LogP contribution in [0.15, 0.2) is 24.4 Å². The summed E-state index contributed by atoms with van der Waals surface area (Å²) in [6, 6.07) is 5.61. The highest BCUT2D eigenvalue weighted by Gasteiger charge is 2.36. The molecule has 1 saturated heterocycles. The Labute approximate surface area is 118 Å². The lowest BCUT2D eigenvalue weighted by atomic mass is 10.1. The van der Waals surface area contributed by atoms with Gasteiger partial charge in [0.25, 0.3) is 0 Å². The molecule has 1 unspecified atom stereocenters. The van der Waals surface area contributed by atoms with Crippen molar-refractivity contribution < 1.29 is 9.59 Å². The van der Waals surface area contributed by atoms with E-state index in [0.717, 1.165) is 12.2 Å². The molecule has 2 heterocycles. The van der Waals surface area contributed by atoms with Gasteiger partial charge < -0.3 is 10.2 Å². The number of carbonyl (C=O) groups excluding carboxylic acids is 2. The predicted molar refractivity (Wildman–Crippen MR) is 73.5 cm³/mol. The van der Waals surface area contributed by atoms with Crippen LogP contribution in [-0.4, -0.2) is 34.8 Å². The summed E-state index contributed by atoms with van der Waals surface area (Å²) in [4.78, 5) is 30.0. The summed E-state index contributed by atoms with van der Waals surface area (Å²) in [6.45, 7) is 1.83. The molecule has 5 nitrogen and oxygen atoms in total. The van der Waals surface area contributed by atoms with Gasteiger partial charge in [0.1, 0.15) is 0 Å². The quantitative estimate of drug-likeness (QED) is 0.869. The maximum absolute atomic E-state index is 12.1. The maximum Gasteiger partial charge on any atom is 0.225 e. The molecule has 5 heteroatoms. The lowest BCUT2D eigenvalue weighted by molar-refractivity contribution is -0.129. The number of amides is 2. The fraction of sp³-hybridized carbons (Fsp3) is 0.533. The smallest absolute Gasteiger partial charge is 0.225 e. The Morgan fingerprint density at radius 2 is 2.25 bits per heavy atom. The summed E-state index contributed by atoms with van der Waals surface area (Å²) in [7, 11) is 0. The van der Waals surface area contributed by atoms with Crippen LogP contribution in [-0.2, 0) is 16.1 Å². The highest BCUT2D eigenvalue weighted by atomic mass is 16.2. The first-order valence-electron chi connectivity index (χ1n) is 7.18. The SMILES string of the molecule is O=C(NCc1ccccn1)C1CC(=O)N(CC2CC2)C1. The number of aromatic nitrogens is 1. The highest BCUT2D eigenvalue weighted by molar-refractivity contribution is 5.89. The zero-order valence-corrected chi connectivity index (χ0v) is 11.4. The first-order valence-corrected chi connectivity index (χ1v) is 7.18. The van der Waals surface area contributed by atoms with Crippen molar-refractivity contribution in [2.45, 2.75) is 25.8 Å². The Balaban J connectivity index is 1.49. The molecule has 1 aromatic heterocycles. The third-order valence-corrected chi connectivity index (χ3v) is 3.93. The second-order valence-electron chi connectivity index (χ2n) is 5.68. The molecule has 1 aliphatic heterocycles. The summed E-state index contributed by atoms with van der Waals surface area (Å²) in [5.74, 6) is 0.552. The summed E-state index contributed by atoms with van der Waals surface area (Å²) < 4.78 is 0. The molecule has 0 aromatic carbocycles. The number of nitrogens with one attached hydrogen (secondary N) is 1. The topological polar surface area (TPSA) is 62.3 Å². The van der Waals surface area contributed by atoms with E-state index in [1.165, 1.54) is 12.8 Å². The largest absolute Gasteiger partial charge is 0.350 e. The van der Waals surface area contributed by atoms with Crippen molar-refractivity contribution in [3.8, 4) is 0 Å². The minimum atomic E-state index is -0.204. The van der Waals surface area contributed by atoms with Crippen LogP contribution in [0.25, 0.3) is 0 Å². The minimum absolute atomic E-state index is 0.0395. The molecule has 20 heavy (non-hydrogen) atoms. The number of hydrogen-bond donors (Lipinski definition) is 1. The van der Waals surface area contributed by atoms with Gasteiger partial charge >= 0.3 is 0 Å². The molecular weight excluding hydrogens is 254 g/mol. The van der Waals surface area contributed by atoms with Crippen LogP contribution in [0.4, 0.5) is 0 Å². The fourth-order valence-electron chi connectivity index (χ4n) is 2.56. The standard InChI is InChI=1S/C15H19N3O2/c19-14-7-12(10-18(14)9-11-4-5-11)15(20)17-8-13-3-1-2-6-16-13/h1-3,6,11-12H,4-5,7-10H2,(H,17,20). The molecule has 106 valence electrons. The van der Waals surface area contributed by atoms with Crippen LogP contribution in [0.1, 0.15) is 25.0 Å². The molecule has 1 N–H and O–H groups in total. The average Bonchev–Trinajstić information content (AvgIpc) is 3.21. The zero-order chi connectivity index (χ0) is 13.9. The molecule has 0 spiro atoms. The predicted octanol–water partition coefficient (Wildman–Crippen LogP) is 0.956. The number of nitrogens with zero attached hydrogens (tertiary/aromatic N) is 2. The molecular formula is C15H19N3O2. The van der Waals surface area contributed by atoms with Crippen molar-refractivity contribution in [2.75, 3.05) is 13.1 Å². The van der Waals surface area contributed by atoms with Gasteiger partial charge in [-0.15, -0.1) is 0 Å². The van der Waals surface area contributed by atoms with Gasteiger partial charge in [-0.25, -0.2) is 0 Å². The Morgan fingerprint density at radius 1 is 1.40 bits per heavy atom. The molecule has 1 aliphatic carbocycles. The van der Waals surface area contributed by atoms with Crippen LogP contribution >= 0.6 is 0 Å². The third kappa shape index (κ3) is 3.15. The van der Waals surface area contributed by atoms with Crippen molar-refractivity contribution in [3.63, 3.8) is 0 Å². The Kier molecular flexibility index (Phi) is 3.67. The molecule has 1 atom stereocenters. The van der Waals surface area contributed by atoms with Crippen LogP contribution in [0, 0.1) is 11.8 Å². The lowest BCUT2D eigenvalue weighted by Gasteiger charge is -2.15. The van der Waals surface area contributed by atoms with E-state index in [9.17, 15) is 9.59 Å². The molecule has 2 aliphatic rings. The van der Waals surface area contributed by atoms with Crippen molar-refractivity contribution in [1.29, 1.82) is 0 Å². The second kappa shape index (κ2) is 5.61. The van der Waals surface area contributed by atoms with Gasteiger partial charge in [-0.05, 0) is 30.9 Å². The van der Waals surface area contributed by atoms with Crippen LogP contribution in [0.2, 0.25) is 0 Å². The Morgan fingerprint density at radius 3 is 2.95 bits per heavy atom.